The molecular formula is C32H31F3N6O. The van der Waals surface area contributed by atoms with E-state index in [1.54, 1.807) is 30.5 Å². The number of halogens is 3. The summed E-state index contributed by atoms with van der Waals surface area (Å²) < 4.78 is 51.9. The summed E-state index contributed by atoms with van der Waals surface area (Å²) in [6, 6.07) is 8.33. The Morgan fingerprint density at radius 2 is 2.12 bits per heavy atom. The number of hydrogen-bond acceptors (Lipinski definition) is 7. The van der Waals surface area contributed by atoms with Gasteiger partial charge in [-0.15, -0.1) is 6.42 Å². The van der Waals surface area contributed by atoms with Gasteiger partial charge in [-0.2, -0.15) is 9.97 Å². The van der Waals surface area contributed by atoms with Gasteiger partial charge in [0.25, 0.3) is 0 Å². The molecule has 0 bridgehead atoms. The number of anilines is 1. The quantitative estimate of drug-likeness (QED) is 0.331. The molecule has 0 radical (unpaired) electrons. The first-order valence-electron chi connectivity index (χ1n) is 14.4. The van der Waals surface area contributed by atoms with Crippen LogP contribution in [0.2, 0.25) is 0 Å². The highest BCUT2D eigenvalue weighted by molar-refractivity contribution is 6.02. The summed E-state index contributed by atoms with van der Waals surface area (Å²) >= 11 is 0. The summed E-state index contributed by atoms with van der Waals surface area (Å²) in [5, 5.41) is 4.88. The molecule has 3 fully saturated rings. The number of rotatable bonds is 6. The lowest BCUT2D eigenvalue weighted by molar-refractivity contribution is 0.107. The lowest BCUT2D eigenvalue weighted by Crippen LogP contribution is -2.43. The zero-order chi connectivity index (χ0) is 29.0. The van der Waals surface area contributed by atoms with E-state index in [0.717, 1.165) is 38.9 Å². The molecule has 216 valence electrons. The van der Waals surface area contributed by atoms with E-state index >= 15 is 4.39 Å². The Hall–Kier alpha value is -3.94. The van der Waals surface area contributed by atoms with Crippen LogP contribution in [-0.2, 0) is 0 Å². The fourth-order valence-corrected chi connectivity index (χ4v) is 7.03. The minimum Gasteiger partial charge on any atom is -0.461 e. The number of terminal acetylenes is 1. The summed E-state index contributed by atoms with van der Waals surface area (Å²) in [7, 11) is 1.92. The first kappa shape index (κ1) is 26.9. The summed E-state index contributed by atoms with van der Waals surface area (Å²) in [4.78, 5) is 18.0. The van der Waals surface area contributed by atoms with Crippen LogP contribution in [0.25, 0.3) is 32.9 Å². The summed E-state index contributed by atoms with van der Waals surface area (Å²) in [5.41, 5.74) is 0.0699. The minimum absolute atomic E-state index is 0.00705. The highest BCUT2D eigenvalue weighted by Gasteiger charge is 2.49. The van der Waals surface area contributed by atoms with Crippen LogP contribution in [0.5, 0.6) is 6.01 Å². The van der Waals surface area contributed by atoms with Crippen molar-refractivity contribution in [3.05, 3.63) is 53.7 Å². The van der Waals surface area contributed by atoms with Crippen LogP contribution in [0.3, 0.4) is 0 Å². The van der Waals surface area contributed by atoms with Crippen LogP contribution in [0, 0.1) is 24.0 Å². The second-order valence-electron chi connectivity index (χ2n) is 11.6. The number of fused-ring (bicyclic) bond motifs is 3. The number of hydrogen-bond donors (Lipinski definition) is 1. The summed E-state index contributed by atoms with van der Waals surface area (Å²) in [6.45, 7) is 3.09. The summed E-state index contributed by atoms with van der Waals surface area (Å²) in [5.74, 6) is 1.69. The van der Waals surface area contributed by atoms with Crippen LogP contribution in [0.15, 0.2) is 36.5 Å². The van der Waals surface area contributed by atoms with E-state index in [-0.39, 0.29) is 35.4 Å². The average Bonchev–Trinajstić information content (AvgIpc) is 3.72. The molecule has 10 heteroatoms. The molecule has 0 aliphatic carbocycles. The van der Waals surface area contributed by atoms with Crippen LogP contribution < -0.4 is 15.0 Å². The molecule has 42 heavy (non-hydrogen) atoms. The highest BCUT2D eigenvalue weighted by atomic mass is 19.1. The van der Waals surface area contributed by atoms with Gasteiger partial charge in [0.05, 0.1) is 16.5 Å². The topological polar surface area (TPSA) is 66.4 Å². The van der Waals surface area contributed by atoms with Gasteiger partial charge in [0, 0.05) is 49.7 Å². The van der Waals surface area contributed by atoms with Crippen molar-refractivity contribution in [2.24, 2.45) is 0 Å². The van der Waals surface area contributed by atoms with Crippen molar-refractivity contribution in [1.29, 1.82) is 0 Å². The van der Waals surface area contributed by atoms with E-state index in [1.165, 1.54) is 6.07 Å². The van der Waals surface area contributed by atoms with Crippen molar-refractivity contribution in [1.82, 2.24) is 25.2 Å². The molecule has 1 N–H and O–H groups in total. The first-order chi connectivity index (χ1) is 20.4. The Kier molecular flexibility index (Phi) is 6.67. The van der Waals surface area contributed by atoms with Gasteiger partial charge in [0.2, 0.25) is 0 Å². The lowest BCUT2D eigenvalue weighted by Gasteiger charge is -2.31. The largest absolute Gasteiger partial charge is 0.461 e. The van der Waals surface area contributed by atoms with E-state index in [9.17, 15) is 8.78 Å². The summed E-state index contributed by atoms with van der Waals surface area (Å²) in [6.07, 6.45) is 9.45. The maximum Gasteiger partial charge on any atom is 0.319 e. The number of nitrogens with one attached hydrogen (secondary N) is 1. The SMILES string of the molecule is C#Cc1c(F)ccc2cccc(-c3ncc4c(N(C)C5CCNC5)nc(OC[C@@]56CCCN5C[C@H](F)C6)nc4c3F)c12. The number of ether oxygens (including phenoxy) is 1. The lowest BCUT2D eigenvalue weighted by atomic mass is 9.95. The highest BCUT2D eigenvalue weighted by Crippen LogP contribution is 2.41. The molecule has 5 heterocycles. The predicted octanol–water partition coefficient (Wildman–Crippen LogP) is 4.86. The molecule has 0 saturated carbocycles. The molecule has 0 amide bonds. The standard InChI is InChI=1S/C32H31F3N6O/c1-3-22-25(34)9-8-19-6-4-7-23(26(19)22)28-27(35)29-24(16-37-28)30(40(2)21-10-12-36-15-21)39-31(38-29)42-18-32-11-5-13-41(32)17-20(33)14-32/h1,4,6-9,16,20-21,36H,5,10-15,17-18H2,2H3/t20-,21?,32+/m1/s1. The van der Waals surface area contributed by atoms with Crippen LogP contribution >= 0.6 is 0 Å². The Balaban J connectivity index is 1.36. The van der Waals surface area contributed by atoms with Gasteiger partial charge in [-0.3, -0.25) is 9.88 Å². The van der Waals surface area contributed by atoms with Gasteiger partial charge >= 0.3 is 6.01 Å². The molecule has 2 aromatic heterocycles. The number of aromatic nitrogens is 3. The van der Waals surface area contributed by atoms with Crippen LogP contribution in [-0.4, -0.2) is 77.4 Å². The van der Waals surface area contributed by atoms with Gasteiger partial charge in [-0.05, 0) is 43.8 Å². The number of pyridine rings is 1. The first-order valence-corrected chi connectivity index (χ1v) is 14.4. The van der Waals surface area contributed by atoms with Gasteiger partial charge in [-0.25, -0.2) is 13.2 Å². The monoisotopic (exact) mass is 572 g/mol. The Morgan fingerprint density at radius 1 is 1.24 bits per heavy atom. The van der Waals surface area contributed by atoms with Crippen LogP contribution in [0.4, 0.5) is 19.0 Å². The number of nitrogens with zero attached hydrogens (tertiary/aromatic N) is 5. The molecule has 0 spiro atoms. The minimum atomic E-state index is -0.896. The smallest absolute Gasteiger partial charge is 0.319 e. The van der Waals surface area contributed by atoms with Gasteiger partial charge in [0.1, 0.15) is 35.6 Å². The van der Waals surface area contributed by atoms with E-state index in [2.05, 4.69) is 26.1 Å². The van der Waals surface area contributed by atoms with Crippen molar-refractivity contribution in [2.75, 3.05) is 44.7 Å². The Morgan fingerprint density at radius 3 is 2.93 bits per heavy atom. The molecule has 3 saturated heterocycles. The normalized spacial score (nSPS) is 23.9. The molecular weight excluding hydrogens is 541 g/mol. The van der Waals surface area contributed by atoms with Crippen LogP contribution in [0.1, 0.15) is 31.2 Å². The molecule has 7 rings (SSSR count). The maximum absolute atomic E-state index is 16.6. The number of likely N-dealkylation sites (N-methyl/N-ethyl adjacent to an activating group) is 1. The third-order valence-electron chi connectivity index (χ3n) is 9.18. The zero-order valence-electron chi connectivity index (χ0n) is 23.3. The molecule has 3 aliphatic heterocycles. The number of alkyl halides is 1. The average molecular weight is 573 g/mol. The molecule has 2 aromatic carbocycles. The number of benzene rings is 2. The van der Waals surface area contributed by atoms with Crippen molar-refractivity contribution in [3.63, 3.8) is 0 Å². The molecule has 3 aliphatic rings. The predicted molar refractivity (Wildman–Crippen MR) is 156 cm³/mol. The molecule has 3 atom stereocenters. The second kappa shape index (κ2) is 10.4. The van der Waals surface area contributed by atoms with Crippen molar-refractivity contribution in [2.45, 2.75) is 43.4 Å². The Bertz CT molecular complexity index is 1740. The fourth-order valence-electron chi connectivity index (χ4n) is 7.03. The van der Waals surface area contributed by atoms with Crippen molar-refractivity contribution in [3.8, 4) is 29.6 Å². The van der Waals surface area contributed by atoms with Crippen molar-refractivity contribution >= 4 is 27.5 Å². The van der Waals surface area contributed by atoms with Gasteiger partial charge in [-0.1, -0.05) is 30.2 Å². The maximum atomic E-state index is 16.6. The fraction of sp³-hybridized carbons (Fsp3) is 0.406. The molecule has 7 nitrogen and oxygen atoms in total. The van der Waals surface area contributed by atoms with E-state index in [4.69, 9.17) is 16.1 Å². The van der Waals surface area contributed by atoms with Gasteiger partial charge in [0.15, 0.2) is 5.82 Å². The second-order valence-corrected chi connectivity index (χ2v) is 11.6. The van der Waals surface area contributed by atoms with Crippen molar-refractivity contribution < 1.29 is 17.9 Å². The third-order valence-corrected chi connectivity index (χ3v) is 9.18. The Labute approximate surface area is 242 Å². The third kappa shape index (κ3) is 4.34. The van der Waals surface area contributed by atoms with E-state index in [1.807, 2.05) is 11.9 Å². The molecule has 1 unspecified atom stereocenters. The van der Waals surface area contributed by atoms with E-state index in [0.29, 0.717) is 40.5 Å². The van der Waals surface area contributed by atoms with Gasteiger partial charge < -0.3 is 15.0 Å². The zero-order valence-corrected chi connectivity index (χ0v) is 23.3. The molecule has 4 aromatic rings. The van der Waals surface area contributed by atoms with E-state index < -0.39 is 23.3 Å².